The first-order valence-corrected chi connectivity index (χ1v) is 7.42. The fraction of sp³-hybridized carbons (Fsp3) is 0.647. The molecular formula is C17H27NO. The number of nitrogens with two attached hydrogens (primary N) is 1. The summed E-state index contributed by atoms with van der Waals surface area (Å²) in [5.41, 5.74) is 9.17. The number of benzene rings is 1. The van der Waals surface area contributed by atoms with Crippen LogP contribution in [0.15, 0.2) is 24.3 Å². The van der Waals surface area contributed by atoms with Crippen molar-refractivity contribution in [1.82, 2.24) is 0 Å². The van der Waals surface area contributed by atoms with E-state index in [0.717, 1.165) is 25.7 Å². The van der Waals surface area contributed by atoms with E-state index in [9.17, 15) is 5.11 Å². The van der Waals surface area contributed by atoms with Gasteiger partial charge in [-0.25, -0.2) is 0 Å². The highest BCUT2D eigenvalue weighted by molar-refractivity contribution is 5.29. The Bertz CT molecular complexity index is 396. The molecule has 1 aliphatic rings. The van der Waals surface area contributed by atoms with Gasteiger partial charge in [-0.15, -0.1) is 0 Å². The monoisotopic (exact) mass is 261 g/mol. The van der Waals surface area contributed by atoms with E-state index in [4.69, 9.17) is 5.73 Å². The third-order valence-electron chi connectivity index (χ3n) is 4.41. The Balaban J connectivity index is 2.05. The largest absolute Gasteiger partial charge is 0.393 e. The molecule has 1 aromatic carbocycles. The van der Waals surface area contributed by atoms with E-state index in [2.05, 4.69) is 45.0 Å². The summed E-state index contributed by atoms with van der Waals surface area (Å²) in [6.45, 7) is 6.68. The molecule has 1 fully saturated rings. The van der Waals surface area contributed by atoms with Crippen LogP contribution < -0.4 is 5.73 Å². The lowest BCUT2D eigenvalue weighted by Gasteiger charge is -2.30. The maximum absolute atomic E-state index is 9.56. The van der Waals surface area contributed by atoms with E-state index >= 15 is 0 Å². The second-order valence-corrected chi connectivity index (χ2v) is 6.97. The minimum atomic E-state index is -0.105. The first-order valence-electron chi connectivity index (χ1n) is 7.42. The van der Waals surface area contributed by atoms with Crippen LogP contribution in [0, 0.1) is 5.92 Å². The average Bonchev–Trinajstić information content (AvgIpc) is 2.38. The van der Waals surface area contributed by atoms with Crippen molar-refractivity contribution in [3.05, 3.63) is 35.4 Å². The minimum Gasteiger partial charge on any atom is -0.393 e. The van der Waals surface area contributed by atoms with Crippen molar-refractivity contribution in [3.63, 3.8) is 0 Å². The maximum Gasteiger partial charge on any atom is 0.0540 e. The van der Waals surface area contributed by atoms with Gasteiger partial charge in [0.15, 0.2) is 0 Å². The standard InChI is InChI=1S/C17H27NO/c1-17(2,3)14-8-4-12(5-9-14)16(18)13-6-10-15(19)11-7-13/h4-5,8-9,13,15-16,19H,6-7,10-11,18H2,1-3H3. The lowest BCUT2D eigenvalue weighted by Crippen LogP contribution is -2.27. The topological polar surface area (TPSA) is 46.2 Å². The Hall–Kier alpha value is -0.860. The van der Waals surface area contributed by atoms with E-state index in [1.54, 1.807) is 0 Å². The highest BCUT2D eigenvalue weighted by atomic mass is 16.3. The molecule has 1 aromatic rings. The molecule has 0 radical (unpaired) electrons. The van der Waals surface area contributed by atoms with Gasteiger partial charge in [-0.3, -0.25) is 0 Å². The van der Waals surface area contributed by atoms with Crippen LogP contribution in [0.2, 0.25) is 0 Å². The zero-order valence-electron chi connectivity index (χ0n) is 12.4. The van der Waals surface area contributed by atoms with E-state index in [1.165, 1.54) is 11.1 Å². The predicted molar refractivity (Wildman–Crippen MR) is 80.0 cm³/mol. The highest BCUT2D eigenvalue weighted by Crippen LogP contribution is 2.33. The van der Waals surface area contributed by atoms with Gasteiger partial charge in [0.25, 0.3) is 0 Å². The number of aliphatic hydroxyl groups excluding tert-OH is 1. The van der Waals surface area contributed by atoms with Crippen molar-refractivity contribution in [1.29, 1.82) is 0 Å². The SMILES string of the molecule is CC(C)(C)c1ccc(C(N)C2CCC(O)CC2)cc1. The van der Waals surface area contributed by atoms with Crippen LogP contribution in [0.25, 0.3) is 0 Å². The average molecular weight is 261 g/mol. The van der Waals surface area contributed by atoms with E-state index in [1.807, 2.05) is 0 Å². The van der Waals surface area contributed by atoms with Gasteiger partial charge in [-0.05, 0) is 48.1 Å². The molecule has 0 bridgehead atoms. The number of hydrogen-bond donors (Lipinski definition) is 2. The van der Waals surface area contributed by atoms with Gasteiger partial charge < -0.3 is 10.8 Å². The van der Waals surface area contributed by atoms with Gasteiger partial charge in [-0.2, -0.15) is 0 Å². The first kappa shape index (κ1) is 14.5. The molecule has 3 N–H and O–H groups in total. The summed E-state index contributed by atoms with van der Waals surface area (Å²) < 4.78 is 0. The maximum atomic E-state index is 9.56. The van der Waals surface area contributed by atoms with Crippen LogP contribution in [0.3, 0.4) is 0 Å². The molecule has 2 heteroatoms. The van der Waals surface area contributed by atoms with Gasteiger partial charge >= 0.3 is 0 Å². The van der Waals surface area contributed by atoms with Gasteiger partial charge in [0.2, 0.25) is 0 Å². The highest BCUT2D eigenvalue weighted by Gasteiger charge is 2.25. The molecule has 1 atom stereocenters. The Kier molecular flexibility index (Phi) is 4.32. The van der Waals surface area contributed by atoms with E-state index in [0.29, 0.717) is 5.92 Å². The Morgan fingerprint density at radius 3 is 2.05 bits per heavy atom. The lowest BCUT2D eigenvalue weighted by atomic mass is 9.79. The normalized spacial score (nSPS) is 26.2. The first-order chi connectivity index (χ1) is 8.88. The molecule has 0 heterocycles. The fourth-order valence-electron chi connectivity index (χ4n) is 2.94. The summed E-state index contributed by atoms with van der Waals surface area (Å²) >= 11 is 0. The molecule has 0 aromatic heterocycles. The van der Waals surface area contributed by atoms with E-state index < -0.39 is 0 Å². The molecule has 0 aliphatic heterocycles. The summed E-state index contributed by atoms with van der Waals surface area (Å²) in [5.74, 6) is 0.517. The van der Waals surface area contributed by atoms with Crippen molar-refractivity contribution in [2.24, 2.45) is 11.7 Å². The van der Waals surface area contributed by atoms with Crippen molar-refractivity contribution in [2.45, 2.75) is 64.0 Å². The Labute approximate surface area is 117 Å². The van der Waals surface area contributed by atoms with Crippen molar-refractivity contribution in [3.8, 4) is 0 Å². The van der Waals surface area contributed by atoms with Crippen molar-refractivity contribution < 1.29 is 5.11 Å². The molecule has 1 saturated carbocycles. The molecule has 2 nitrogen and oxygen atoms in total. The predicted octanol–water partition coefficient (Wildman–Crippen LogP) is 3.54. The molecule has 106 valence electrons. The van der Waals surface area contributed by atoms with Crippen LogP contribution >= 0.6 is 0 Å². The molecule has 1 aliphatic carbocycles. The van der Waals surface area contributed by atoms with Crippen molar-refractivity contribution >= 4 is 0 Å². The van der Waals surface area contributed by atoms with E-state index in [-0.39, 0.29) is 17.6 Å². The lowest BCUT2D eigenvalue weighted by molar-refractivity contribution is 0.102. The number of aliphatic hydroxyl groups is 1. The zero-order chi connectivity index (χ0) is 14.0. The zero-order valence-corrected chi connectivity index (χ0v) is 12.4. The fourth-order valence-corrected chi connectivity index (χ4v) is 2.94. The quantitative estimate of drug-likeness (QED) is 0.855. The van der Waals surface area contributed by atoms with Crippen LogP contribution in [0.1, 0.15) is 63.6 Å². The van der Waals surface area contributed by atoms with Crippen LogP contribution in [0.5, 0.6) is 0 Å². The Morgan fingerprint density at radius 2 is 1.58 bits per heavy atom. The number of hydrogen-bond acceptors (Lipinski definition) is 2. The van der Waals surface area contributed by atoms with Crippen LogP contribution in [-0.2, 0) is 5.41 Å². The molecule has 0 spiro atoms. The smallest absolute Gasteiger partial charge is 0.0540 e. The summed E-state index contributed by atoms with van der Waals surface area (Å²) in [6.07, 6.45) is 3.79. The van der Waals surface area contributed by atoms with Gasteiger partial charge in [0.1, 0.15) is 0 Å². The molecule has 0 saturated heterocycles. The molecule has 2 rings (SSSR count). The third kappa shape index (κ3) is 3.58. The summed E-state index contributed by atoms with van der Waals surface area (Å²) in [4.78, 5) is 0. The van der Waals surface area contributed by atoms with Crippen molar-refractivity contribution in [2.75, 3.05) is 0 Å². The molecule has 0 amide bonds. The third-order valence-corrected chi connectivity index (χ3v) is 4.41. The molecule has 19 heavy (non-hydrogen) atoms. The van der Waals surface area contributed by atoms with Crippen LogP contribution in [-0.4, -0.2) is 11.2 Å². The minimum absolute atomic E-state index is 0.105. The van der Waals surface area contributed by atoms with Gasteiger partial charge in [0, 0.05) is 6.04 Å². The number of rotatable bonds is 2. The molecular weight excluding hydrogens is 234 g/mol. The molecule has 1 unspecified atom stereocenters. The summed E-state index contributed by atoms with van der Waals surface area (Å²) in [6, 6.07) is 8.87. The Morgan fingerprint density at radius 1 is 1.05 bits per heavy atom. The van der Waals surface area contributed by atoms with Gasteiger partial charge in [-0.1, -0.05) is 45.0 Å². The second kappa shape index (κ2) is 5.64. The van der Waals surface area contributed by atoms with Crippen LogP contribution in [0.4, 0.5) is 0 Å². The summed E-state index contributed by atoms with van der Waals surface area (Å²) in [7, 11) is 0. The second-order valence-electron chi connectivity index (χ2n) is 6.97. The summed E-state index contributed by atoms with van der Waals surface area (Å²) in [5, 5.41) is 9.56. The van der Waals surface area contributed by atoms with Gasteiger partial charge in [0.05, 0.1) is 6.10 Å².